The molecule has 0 radical (unpaired) electrons. The highest BCUT2D eigenvalue weighted by molar-refractivity contribution is 6.30. The van der Waals surface area contributed by atoms with E-state index in [-0.39, 0.29) is 24.0 Å². The van der Waals surface area contributed by atoms with Crippen LogP contribution in [-0.4, -0.2) is 71.1 Å². The predicted molar refractivity (Wildman–Crippen MR) is 95.7 cm³/mol. The van der Waals surface area contributed by atoms with E-state index in [4.69, 9.17) is 16.3 Å². The van der Waals surface area contributed by atoms with E-state index >= 15 is 0 Å². The quantitative estimate of drug-likeness (QED) is 0.810. The Balaban J connectivity index is 1.27. The second-order valence-corrected chi connectivity index (χ2v) is 8.41. The Hall–Kier alpha value is -1.79. The molecule has 3 aliphatic heterocycles. The molecule has 5 rings (SSSR count). The van der Waals surface area contributed by atoms with Crippen LogP contribution >= 0.6 is 11.6 Å². The molecule has 0 aromatic heterocycles. The van der Waals surface area contributed by atoms with Gasteiger partial charge in [-0.25, -0.2) is 4.79 Å². The summed E-state index contributed by atoms with van der Waals surface area (Å²) in [6.45, 7) is 4.20. The van der Waals surface area contributed by atoms with Crippen molar-refractivity contribution in [3.63, 3.8) is 0 Å². The largest absolute Gasteiger partial charge is 0.437 e. The number of carbonyl (C=O) groups is 2. The van der Waals surface area contributed by atoms with Gasteiger partial charge in [0.1, 0.15) is 0 Å². The van der Waals surface area contributed by atoms with Crippen LogP contribution in [0.2, 0.25) is 5.02 Å². The summed E-state index contributed by atoms with van der Waals surface area (Å²) in [6.07, 6.45) is 1.79. The van der Waals surface area contributed by atoms with Crippen molar-refractivity contribution in [2.75, 3.05) is 32.7 Å². The fraction of sp³-hybridized carbons (Fsp3) is 0.579. The SMILES string of the molecule is O=C(C1CC1)N1CC2(C1)OC(=O)N1CCN(Cc3ccc(Cl)cc3)CC12. The Bertz CT molecular complexity index is 743. The third kappa shape index (κ3) is 2.67. The van der Waals surface area contributed by atoms with Crippen molar-refractivity contribution in [2.24, 2.45) is 5.92 Å². The molecule has 1 saturated carbocycles. The van der Waals surface area contributed by atoms with Gasteiger partial charge in [-0.05, 0) is 30.5 Å². The first-order valence-electron chi connectivity index (χ1n) is 9.29. The number of hydrogen-bond donors (Lipinski definition) is 0. The number of amides is 2. The molecule has 4 aliphatic rings. The highest BCUT2D eigenvalue weighted by Gasteiger charge is 2.63. The van der Waals surface area contributed by atoms with Crippen LogP contribution in [0.1, 0.15) is 18.4 Å². The molecule has 1 unspecified atom stereocenters. The minimum Gasteiger partial charge on any atom is -0.437 e. The Labute approximate surface area is 157 Å². The number of carbonyl (C=O) groups excluding carboxylic acids is 2. The molecule has 2 amide bonds. The van der Waals surface area contributed by atoms with Crippen LogP contribution in [0.15, 0.2) is 24.3 Å². The Kier molecular flexibility index (Phi) is 3.69. The van der Waals surface area contributed by atoms with Crippen LogP contribution in [0, 0.1) is 5.92 Å². The third-order valence-electron chi connectivity index (χ3n) is 6.07. The van der Waals surface area contributed by atoms with Gasteiger partial charge in [0, 0.05) is 37.1 Å². The Morgan fingerprint density at radius 2 is 1.92 bits per heavy atom. The fourth-order valence-corrected chi connectivity index (χ4v) is 4.55. The zero-order chi connectivity index (χ0) is 17.9. The minimum atomic E-state index is -0.514. The minimum absolute atomic E-state index is 0.0271. The Morgan fingerprint density at radius 3 is 2.62 bits per heavy atom. The standard InChI is InChI=1S/C19H22ClN3O3/c20-15-5-1-13(2-6-15)9-21-7-8-23-16(10-21)19(26-18(23)25)11-22(12-19)17(24)14-3-4-14/h1-2,5-6,14,16H,3-4,7-12H2. The molecule has 7 heteroatoms. The van der Waals surface area contributed by atoms with Gasteiger partial charge in [-0.1, -0.05) is 23.7 Å². The second kappa shape index (κ2) is 5.86. The first-order chi connectivity index (χ1) is 12.5. The zero-order valence-electron chi connectivity index (χ0n) is 14.6. The molecule has 1 aromatic rings. The lowest BCUT2D eigenvalue weighted by Crippen LogP contribution is -2.72. The van der Waals surface area contributed by atoms with E-state index < -0.39 is 5.60 Å². The van der Waals surface area contributed by atoms with E-state index in [9.17, 15) is 9.59 Å². The van der Waals surface area contributed by atoms with E-state index in [0.717, 1.165) is 37.5 Å². The van der Waals surface area contributed by atoms with Gasteiger partial charge in [-0.3, -0.25) is 14.6 Å². The first kappa shape index (κ1) is 16.4. The number of likely N-dealkylation sites (tertiary alicyclic amines) is 1. The van der Waals surface area contributed by atoms with Crippen molar-refractivity contribution in [3.05, 3.63) is 34.9 Å². The van der Waals surface area contributed by atoms with Gasteiger partial charge in [-0.2, -0.15) is 0 Å². The summed E-state index contributed by atoms with van der Waals surface area (Å²) in [4.78, 5) is 30.6. The number of ether oxygens (including phenoxy) is 1. The fourth-order valence-electron chi connectivity index (χ4n) is 4.42. The average molecular weight is 376 g/mol. The maximum atomic E-state index is 12.3. The van der Waals surface area contributed by atoms with Gasteiger partial charge in [-0.15, -0.1) is 0 Å². The molecule has 4 fully saturated rings. The van der Waals surface area contributed by atoms with Crippen LogP contribution in [0.5, 0.6) is 0 Å². The summed E-state index contributed by atoms with van der Waals surface area (Å²) in [7, 11) is 0. The number of hydrogen-bond acceptors (Lipinski definition) is 4. The number of benzene rings is 1. The molecule has 6 nitrogen and oxygen atoms in total. The number of rotatable bonds is 3. The molecule has 1 atom stereocenters. The summed E-state index contributed by atoms with van der Waals surface area (Å²) in [6, 6.07) is 7.92. The first-order valence-corrected chi connectivity index (χ1v) is 9.67. The van der Waals surface area contributed by atoms with Crippen LogP contribution in [0.4, 0.5) is 4.79 Å². The molecule has 1 aliphatic carbocycles. The molecule has 0 bridgehead atoms. The predicted octanol–water partition coefficient (Wildman–Crippen LogP) is 1.97. The van der Waals surface area contributed by atoms with Crippen LogP contribution in [-0.2, 0) is 16.1 Å². The van der Waals surface area contributed by atoms with E-state index in [1.165, 1.54) is 5.56 Å². The lowest BCUT2D eigenvalue weighted by molar-refractivity contribution is -0.157. The Morgan fingerprint density at radius 1 is 1.19 bits per heavy atom. The van der Waals surface area contributed by atoms with Gasteiger partial charge in [0.15, 0.2) is 5.60 Å². The van der Waals surface area contributed by atoms with Gasteiger partial charge in [0.05, 0.1) is 19.1 Å². The van der Waals surface area contributed by atoms with Gasteiger partial charge in [0.2, 0.25) is 5.91 Å². The molecule has 3 heterocycles. The molecule has 138 valence electrons. The number of nitrogens with zero attached hydrogens (tertiary/aromatic N) is 3. The van der Waals surface area contributed by atoms with Crippen LogP contribution < -0.4 is 0 Å². The van der Waals surface area contributed by atoms with E-state index in [2.05, 4.69) is 4.90 Å². The van der Waals surface area contributed by atoms with E-state index in [1.54, 1.807) is 0 Å². The van der Waals surface area contributed by atoms with Crippen molar-refractivity contribution in [1.29, 1.82) is 0 Å². The lowest BCUT2D eigenvalue weighted by atomic mass is 9.84. The zero-order valence-corrected chi connectivity index (χ0v) is 15.3. The van der Waals surface area contributed by atoms with Crippen LogP contribution in [0.25, 0.3) is 0 Å². The van der Waals surface area contributed by atoms with Gasteiger partial charge < -0.3 is 9.64 Å². The summed E-state index contributed by atoms with van der Waals surface area (Å²) < 4.78 is 5.78. The summed E-state index contributed by atoms with van der Waals surface area (Å²) in [5.41, 5.74) is 0.696. The second-order valence-electron chi connectivity index (χ2n) is 7.97. The maximum Gasteiger partial charge on any atom is 0.411 e. The molecule has 1 aromatic carbocycles. The van der Waals surface area contributed by atoms with Crippen LogP contribution in [0.3, 0.4) is 0 Å². The normalized spacial score (nSPS) is 27.3. The molecule has 3 saturated heterocycles. The molecule has 1 spiro atoms. The smallest absolute Gasteiger partial charge is 0.411 e. The average Bonchev–Trinajstić information content (AvgIpc) is 3.40. The van der Waals surface area contributed by atoms with Crippen molar-refractivity contribution in [2.45, 2.75) is 31.0 Å². The third-order valence-corrected chi connectivity index (χ3v) is 6.32. The van der Waals surface area contributed by atoms with Crippen molar-refractivity contribution in [3.8, 4) is 0 Å². The highest BCUT2D eigenvalue weighted by atomic mass is 35.5. The highest BCUT2D eigenvalue weighted by Crippen LogP contribution is 2.42. The summed E-state index contributed by atoms with van der Waals surface area (Å²) >= 11 is 5.97. The van der Waals surface area contributed by atoms with Crippen molar-refractivity contribution in [1.82, 2.24) is 14.7 Å². The molecule has 0 N–H and O–H groups in total. The molecular weight excluding hydrogens is 354 g/mol. The van der Waals surface area contributed by atoms with E-state index in [1.807, 2.05) is 34.1 Å². The molecular formula is C19H22ClN3O3. The topological polar surface area (TPSA) is 53.1 Å². The number of fused-ring (bicyclic) bond motifs is 2. The maximum absolute atomic E-state index is 12.3. The van der Waals surface area contributed by atoms with E-state index in [0.29, 0.717) is 19.6 Å². The number of piperazine rings is 1. The monoisotopic (exact) mass is 375 g/mol. The van der Waals surface area contributed by atoms with Gasteiger partial charge in [0.25, 0.3) is 0 Å². The van der Waals surface area contributed by atoms with Crippen molar-refractivity contribution < 1.29 is 14.3 Å². The van der Waals surface area contributed by atoms with Crippen molar-refractivity contribution >= 4 is 23.6 Å². The number of halogens is 1. The van der Waals surface area contributed by atoms with Gasteiger partial charge >= 0.3 is 6.09 Å². The summed E-state index contributed by atoms with van der Waals surface area (Å²) in [5, 5.41) is 0.738. The summed E-state index contributed by atoms with van der Waals surface area (Å²) in [5.74, 6) is 0.451. The lowest BCUT2D eigenvalue weighted by Gasteiger charge is -2.51. The molecule has 26 heavy (non-hydrogen) atoms.